The predicted octanol–water partition coefficient (Wildman–Crippen LogP) is 3.36. The summed E-state index contributed by atoms with van der Waals surface area (Å²) in [6.45, 7) is 3.23. The molecular formula is C21H20N6OS. The van der Waals surface area contributed by atoms with E-state index in [1.54, 1.807) is 24.2 Å². The first kappa shape index (κ1) is 18.0. The molecule has 5 heterocycles. The van der Waals surface area contributed by atoms with E-state index in [0.717, 1.165) is 58.7 Å². The summed E-state index contributed by atoms with van der Waals surface area (Å²) in [4.78, 5) is 12.4. The molecule has 29 heavy (non-hydrogen) atoms. The lowest BCUT2D eigenvalue weighted by molar-refractivity contribution is 0.122. The average molecular weight is 404 g/mol. The maximum atomic E-state index is 6.18. The van der Waals surface area contributed by atoms with Crippen LogP contribution in [-0.4, -0.2) is 45.9 Å². The van der Waals surface area contributed by atoms with Gasteiger partial charge in [0, 0.05) is 47.7 Å². The number of morpholine rings is 1. The van der Waals surface area contributed by atoms with Gasteiger partial charge in [0.15, 0.2) is 0 Å². The second-order valence-corrected chi connectivity index (χ2v) is 7.82. The average Bonchev–Trinajstić information content (AvgIpc) is 3.16. The van der Waals surface area contributed by atoms with Gasteiger partial charge in [-0.1, -0.05) is 17.8 Å². The van der Waals surface area contributed by atoms with E-state index in [1.165, 1.54) is 0 Å². The molecule has 8 heteroatoms. The summed E-state index contributed by atoms with van der Waals surface area (Å²) in [6.07, 6.45) is 7.37. The molecule has 5 rings (SSSR count). The third-order valence-corrected chi connectivity index (χ3v) is 5.86. The van der Waals surface area contributed by atoms with E-state index in [4.69, 9.17) is 10.5 Å². The predicted molar refractivity (Wildman–Crippen MR) is 114 cm³/mol. The maximum Gasteiger partial charge on any atom is 0.128 e. The minimum atomic E-state index is 0.649. The number of fused-ring (bicyclic) bond motifs is 1. The molecule has 1 fully saturated rings. The Labute approximate surface area is 172 Å². The lowest BCUT2D eigenvalue weighted by atomic mass is 10.1. The number of hydrogen-bond donors (Lipinski definition) is 1. The molecule has 1 aliphatic heterocycles. The van der Waals surface area contributed by atoms with Gasteiger partial charge in [-0.2, -0.15) is 5.10 Å². The highest BCUT2D eigenvalue weighted by Crippen LogP contribution is 2.35. The van der Waals surface area contributed by atoms with E-state index in [9.17, 15) is 0 Å². The summed E-state index contributed by atoms with van der Waals surface area (Å²) in [7, 11) is 0. The number of anilines is 2. The Bertz CT molecular complexity index is 1120. The number of hydrogen-bond acceptors (Lipinski definition) is 7. The highest BCUT2D eigenvalue weighted by atomic mass is 32.2. The van der Waals surface area contributed by atoms with Crippen molar-refractivity contribution in [3.63, 3.8) is 0 Å². The van der Waals surface area contributed by atoms with E-state index >= 15 is 0 Å². The Balaban J connectivity index is 1.51. The van der Waals surface area contributed by atoms with Crippen LogP contribution < -0.4 is 10.6 Å². The lowest BCUT2D eigenvalue weighted by Gasteiger charge is -2.27. The molecule has 1 aliphatic rings. The zero-order valence-electron chi connectivity index (χ0n) is 15.7. The SMILES string of the molecule is Nc1cnn2cc(-c3ccc(N4CCOCC4)nc3)cc(Sc3ccccn3)c12. The summed E-state index contributed by atoms with van der Waals surface area (Å²) in [5, 5.41) is 5.32. The molecule has 0 atom stereocenters. The molecule has 146 valence electrons. The van der Waals surface area contributed by atoms with Crippen molar-refractivity contribution in [3.8, 4) is 11.1 Å². The third-order valence-electron chi connectivity index (χ3n) is 4.87. The van der Waals surface area contributed by atoms with Crippen molar-refractivity contribution < 1.29 is 4.74 Å². The van der Waals surface area contributed by atoms with Crippen molar-refractivity contribution >= 4 is 28.8 Å². The number of nitrogens with zero attached hydrogens (tertiary/aromatic N) is 5. The van der Waals surface area contributed by atoms with Gasteiger partial charge in [-0.05, 0) is 30.3 Å². The molecule has 1 saturated heterocycles. The molecule has 7 nitrogen and oxygen atoms in total. The van der Waals surface area contributed by atoms with Gasteiger partial charge >= 0.3 is 0 Å². The monoisotopic (exact) mass is 404 g/mol. The van der Waals surface area contributed by atoms with Gasteiger partial charge in [0.1, 0.15) is 16.4 Å². The van der Waals surface area contributed by atoms with Crippen molar-refractivity contribution in [2.75, 3.05) is 36.9 Å². The van der Waals surface area contributed by atoms with Crippen molar-refractivity contribution in [1.82, 2.24) is 19.6 Å². The Hall–Kier alpha value is -3.10. The van der Waals surface area contributed by atoms with E-state index in [2.05, 4.69) is 38.2 Å². The van der Waals surface area contributed by atoms with Gasteiger partial charge in [0.05, 0.1) is 25.1 Å². The second-order valence-electron chi connectivity index (χ2n) is 6.76. The van der Waals surface area contributed by atoms with E-state index in [-0.39, 0.29) is 0 Å². The van der Waals surface area contributed by atoms with Gasteiger partial charge in [-0.25, -0.2) is 14.5 Å². The first-order chi connectivity index (χ1) is 14.3. The summed E-state index contributed by atoms with van der Waals surface area (Å²) < 4.78 is 7.25. The van der Waals surface area contributed by atoms with Crippen LogP contribution in [0.2, 0.25) is 0 Å². The van der Waals surface area contributed by atoms with E-state index < -0.39 is 0 Å². The quantitative estimate of drug-likeness (QED) is 0.558. The highest BCUT2D eigenvalue weighted by Gasteiger charge is 2.15. The second kappa shape index (κ2) is 7.73. The number of pyridine rings is 3. The van der Waals surface area contributed by atoms with Gasteiger partial charge in [0.25, 0.3) is 0 Å². The minimum Gasteiger partial charge on any atom is -0.396 e. The Kier molecular flexibility index (Phi) is 4.79. The summed E-state index contributed by atoms with van der Waals surface area (Å²) in [6, 6.07) is 12.2. The third kappa shape index (κ3) is 3.64. The molecule has 0 aromatic carbocycles. The van der Waals surface area contributed by atoms with Crippen LogP contribution in [0.4, 0.5) is 11.5 Å². The lowest BCUT2D eigenvalue weighted by Crippen LogP contribution is -2.36. The van der Waals surface area contributed by atoms with Gasteiger partial charge < -0.3 is 15.4 Å². The fourth-order valence-electron chi connectivity index (χ4n) is 3.40. The first-order valence-electron chi connectivity index (χ1n) is 9.43. The molecule has 2 N–H and O–H groups in total. The van der Waals surface area contributed by atoms with Crippen molar-refractivity contribution in [2.24, 2.45) is 0 Å². The molecular weight excluding hydrogens is 384 g/mol. The molecule has 4 aromatic rings. The van der Waals surface area contributed by atoms with Crippen molar-refractivity contribution in [2.45, 2.75) is 9.92 Å². The van der Waals surface area contributed by atoms with E-state index in [0.29, 0.717) is 5.69 Å². The molecule has 0 aliphatic carbocycles. The Morgan fingerprint density at radius 3 is 2.66 bits per heavy atom. The van der Waals surface area contributed by atoms with Gasteiger partial charge in [0.2, 0.25) is 0 Å². The summed E-state index contributed by atoms with van der Waals surface area (Å²) >= 11 is 1.58. The molecule has 0 spiro atoms. The zero-order chi connectivity index (χ0) is 19.6. The molecule has 0 saturated carbocycles. The number of aromatic nitrogens is 4. The largest absolute Gasteiger partial charge is 0.396 e. The fraction of sp³-hybridized carbons (Fsp3) is 0.190. The number of nitrogens with two attached hydrogens (primary N) is 1. The van der Waals surface area contributed by atoms with Crippen LogP contribution in [0.25, 0.3) is 16.6 Å². The van der Waals surface area contributed by atoms with Gasteiger partial charge in [-0.3, -0.25) is 0 Å². The van der Waals surface area contributed by atoms with E-state index in [1.807, 2.05) is 35.1 Å². The summed E-state index contributed by atoms with van der Waals surface area (Å²) in [5.74, 6) is 0.976. The van der Waals surface area contributed by atoms with Crippen LogP contribution in [-0.2, 0) is 4.74 Å². The maximum absolute atomic E-state index is 6.18. The zero-order valence-corrected chi connectivity index (χ0v) is 16.5. The van der Waals surface area contributed by atoms with Crippen LogP contribution in [0.3, 0.4) is 0 Å². The first-order valence-corrected chi connectivity index (χ1v) is 10.2. The van der Waals surface area contributed by atoms with Crippen LogP contribution >= 0.6 is 11.8 Å². The van der Waals surface area contributed by atoms with Crippen LogP contribution in [0, 0.1) is 0 Å². The van der Waals surface area contributed by atoms with Gasteiger partial charge in [-0.15, -0.1) is 0 Å². The number of rotatable bonds is 4. The number of nitrogen functional groups attached to an aromatic ring is 1. The molecule has 4 aromatic heterocycles. The molecule has 0 radical (unpaired) electrons. The van der Waals surface area contributed by atoms with Crippen molar-refractivity contribution in [3.05, 3.63) is 61.2 Å². The summed E-state index contributed by atoms with van der Waals surface area (Å²) in [5.41, 5.74) is 9.77. The van der Waals surface area contributed by atoms with Crippen LogP contribution in [0.5, 0.6) is 0 Å². The smallest absolute Gasteiger partial charge is 0.128 e. The minimum absolute atomic E-state index is 0.649. The number of ether oxygens (including phenoxy) is 1. The van der Waals surface area contributed by atoms with Crippen LogP contribution in [0.1, 0.15) is 0 Å². The van der Waals surface area contributed by atoms with Crippen LogP contribution in [0.15, 0.2) is 71.1 Å². The Morgan fingerprint density at radius 1 is 1.00 bits per heavy atom. The normalized spacial score (nSPS) is 14.4. The highest BCUT2D eigenvalue weighted by molar-refractivity contribution is 7.99. The molecule has 0 bridgehead atoms. The topological polar surface area (TPSA) is 81.6 Å². The Morgan fingerprint density at radius 2 is 1.90 bits per heavy atom. The molecule has 0 amide bonds. The standard InChI is InChI=1S/C21H20N6OS/c22-17-13-25-27-14-16(11-18(21(17)27)29-20-3-1-2-6-23-20)15-4-5-19(24-12-15)26-7-9-28-10-8-26/h1-6,11-14H,7-10,22H2. The molecule has 0 unspecified atom stereocenters. The fourth-order valence-corrected chi connectivity index (χ4v) is 4.38. The van der Waals surface area contributed by atoms with Crippen molar-refractivity contribution in [1.29, 1.82) is 0 Å².